The molecule has 0 bridgehead atoms. The van der Waals surface area contributed by atoms with Crippen LogP contribution in [0.25, 0.3) is 0 Å². The first-order valence-corrected chi connectivity index (χ1v) is 9.37. The molecule has 2 heterocycles. The minimum atomic E-state index is -0.131. The molecule has 1 aliphatic carbocycles. The largest absolute Gasteiger partial charge is 0.338 e. The Balaban J connectivity index is 1.58. The van der Waals surface area contributed by atoms with Gasteiger partial charge in [0.25, 0.3) is 0 Å². The Hall–Kier alpha value is -1.43. The lowest BCUT2D eigenvalue weighted by Crippen LogP contribution is -2.50. The van der Waals surface area contributed by atoms with Crippen LogP contribution in [0.3, 0.4) is 0 Å². The van der Waals surface area contributed by atoms with Crippen LogP contribution < -0.4 is 5.73 Å². The maximum absolute atomic E-state index is 12.6. The Labute approximate surface area is 143 Å². The van der Waals surface area contributed by atoms with Gasteiger partial charge in [-0.1, -0.05) is 19.8 Å². The maximum Gasteiger partial charge on any atom is 0.233 e. The summed E-state index contributed by atoms with van der Waals surface area (Å²) < 4.78 is 0. The number of imide groups is 1. The highest BCUT2D eigenvalue weighted by Crippen LogP contribution is 2.38. The van der Waals surface area contributed by atoms with Crippen molar-refractivity contribution < 1.29 is 14.4 Å². The van der Waals surface area contributed by atoms with Crippen molar-refractivity contribution in [2.45, 2.75) is 57.9 Å². The molecule has 4 unspecified atom stereocenters. The predicted molar refractivity (Wildman–Crippen MR) is 89.7 cm³/mol. The Morgan fingerprint density at radius 1 is 1.12 bits per heavy atom. The van der Waals surface area contributed by atoms with Crippen molar-refractivity contribution in [1.82, 2.24) is 9.80 Å². The van der Waals surface area contributed by atoms with Gasteiger partial charge in [-0.25, -0.2) is 0 Å². The number of likely N-dealkylation sites (tertiary alicyclic amines) is 2. The zero-order valence-corrected chi connectivity index (χ0v) is 14.6. The molecular formula is C18H29N3O3. The molecule has 0 aromatic carbocycles. The number of piperidine rings is 1. The molecular weight excluding hydrogens is 306 g/mol. The van der Waals surface area contributed by atoms with Gasteiger partial charge < -0.3 is 10.6 Å². The molecule has 2 aliphatic heterocycles. The maximum atomic E-state index is 12.6. The zero-order chi connectivity index (χ0) is 17.3. The van der Waals surface area contributed by atoms with Gasteiger partial charge in [-0.05, 0) is 31.6 Å². The van der Waals surface area contributed by atoms with Crippen LogP contribution in [-0.2, 0) is 14.4 Å². The molecule has 0 aromatic rings. The molecule has 0 aromatic heterocycles. The normalized spacial score (nSPS) is 33.8. The first-order chi connectivity index (χ1) is 11.5. The SMILES string of the molecule is CC1CCN(C(=O)CCN2C(=O)C3CCCCC3C2=O)C(CN)C1. The lowest BCUT2D eigenvalue weighted by molar-refractivity contribution is -0.141. The van der Waals surface area contributed by atoms with Gasteiger partial charge in [-0.15, -0.1) is 0 Å². The average Bonchev–Trinajstić information content (AvgIpc) is 2.84. The third kappa shape index (κ3) is 3.21. The van der Waals surface area contributed by atoms with E-state index in [1.165, 1.54) is 4.90 Å². The summed E-state index contributed by atoms with van der Waals surface area (Å²) in [4.78, 5) is 40.7. The van der Waals surface area contributed by atoms with Crippen molar-refractivity contribution in [3.63, 3.8) is 0 Å². The minimum Gasteiger partial charge on any atom is -0.338 e. The van der Waals surface area contributed by atoms with E-state index in [9.17, 15) is 14.4 Å². The number of hydrogen-bond acceptors (Lipinski definition) is 4. The summed E-state index contributed by atoms with van der Waals surface area (Å²) in [5.74, 6) is 0.239. The Morgan fingerprint density at radius 2 is 1.75 bits per heavy atom. The Kier molecular flexibility index (Phi) is 5.23. The van der Waals surface area contributed by atoms with Gasteiger partial charge in [0.15, 0.2) is 0 Å². The molecule has 2 N–H and O–H groups in total. The van der Waals surface area contributed by atoms with Crippen LogP contribution in [0.4, 0.5) is 0 Å². The summed E-state index contributed by atoms with van der Waals surface area (Å²) in [7, 11) is 0. The fourth-order valence-corrected chi connectivity index (χ4v) is 4.61. The molecule has 0 radical (unpaired) electrons. The van der Waals surface area contributed by atoms with E-state index >= 15 is 0 Å². The van der Waals surface area contributed by atoms with Crippen molar-refractivity contribution in [2.75, 3.05) is 19.6 Å². The fourth-order valence-electron chi connectivity index (χ4n) is 4.61. The highest BCUT2D eigenvalue weighted by molar-refractivity contribution is 6.05. The first-order valence-electron chi connectivity index (χ1n) is 9.37. The fraction of sp³-hybridized carbons (Fsp3) is 0.833. The molecule has 0 spiro atoms. The third-order valence-electron chi connectivity index (χ3n) is 6.05. The second kappa shape index (κ2) is 7.21. The summed E-state index contributed by atoms with van der Waals surface area (Å²) >= 11 is 0. The van der Waals surface area contributed by atoms with Crippen molar-refractivity contribution >= 4 is 17.7 Å². The predicted octanol–water partition coefficient (Wildman–Crippen LogP) is 1.14. The molecule has 3 aliphatic rings. The smallest absolute Gasteiger partial charge is 0.233 e. The molecule has 3 amide bonds. The van der Waals surface area contributed by atoms with E-state index < -0.39 is 0 Å². The second-order valence-corrected chi connectivity index (χ2v) is 7.68. The number of hydrogen-bond donors (Lipinski definition) is 1. The second-order valence-electron chi connectivity index (χ2n) is 7.68. The first kappa shape index (κ1) is 17.4. The molecule has 4 atom stereocenters. The topological polar surface area (TPSA) is 83.7 Å². The van der Waals surface area contributed by atoms with Crippen LogP contribution in [0.5, 0.6) is 0 Å². The Morgan fingerprint density at radius 3 is 2.33 bits per heavy atom. The Bertz CT molecular complexity index is 498. The summed E-state index contributed by atoms with van der Waals surface area (Å²) in [5, 5.41) is 0. The van der Waals surface area contributed by atoms with Gasteiger partial charge in [-0.3, -0.25) is 19.3 Å². The number of fused-ring (bicyclic) bond motifs is 1. The van der Waals surface area contributed by atoms with Crippen LogP contribution in [-0.4, -0.2) is 53.2 Å². The van der Waals surface area contributed by atoms with E-state index in [1.54, 1.807) is 0 Å². The lowest BCUT2D eigenvalue weighted by Gasteiger charge is -2.38. The molecule has 134 valence electrons. The van der Waals surface area contributed by atoms with Gasteiger partial charge in [0, 0.05) is 32.1 Å². The van der Waals surface area contributed by atoms with Gasteiger partial charge in [0.1, 0.15) is 0 Å². The van der Waals surface area contributed by atoms with Gasteiger partial charge in [-0.2, -0.15) is 0 Å². The summed E-state index contributed by atoms with van der Waals surface area (Å²) in [5.41, 5.74) is 5.82. The third-order valence-corrected chi connectivity index (χ3v) is 6.05. The molecule has 24 heavy (non-hydrogen) atoms. The highest BCUT2D eigenvalue weighted by atomic mass is 16.2. The van der Waals surface area contributed by atoms with Gasteiger partial charge in [0.2, 0.25) is 17.7 Å². The van der Waals surface area contributed by atoms with Crippen molar-refractivity contribution in [1.29, 1.82) is 0 Å². The molecule has 1 saturated carbocycles. The van der Waals surface area contributed by atoms with Crippen LogP contribution in [0.2, 0.25) is 0 Å². The van der Waals surface area contributed by atoms with Crippen LogP contribution in [0.1, 0.15) is 51.9 Å². The summed E-state index contributed by atoms with van der Waals surface area (Å²) in [6.45, 7) is 3.62. The average molecular weight is 335 g/mol. The van der Waals surface area contributed by atoms with Crippen LogP contribution in [0.15, 0.2) is 0 Å². The van der Waals surface area contributed by atoms with E-state index in [0.717, 1.165) is 45.1 Å². The molecule has 3 fully saturated rings. The number of nitrogens with two attached hydrogens (primary N) is 1. The molecule has 6 heteroatoms. The molecule has 6 nitrogen and oxygen atoms in total. The van der Waals surface area contributed by atoms with Crippen molar-refractivity contribution in [3.05, 3.63) is 0 Å². The summed E-state index contributed by atoms with van der Waals surface area (Å²) in [6, 6.07) is 0.0915. The van der Waals surface area contributed by atoms with Crippen LogP contribution >= 0.6 is 0 Å². The number of amides is 3. The quantitative estimate of drug-likeness (QED) is 0.781. The van der Waals surface area contributed by atoms with E-state index in [2.05, 4.69) is 6.92 Å². The van der Waals surface area contributed by atoms with Gasteiger partial charge >= 0.3 is 0 Å². The molecule has 3 rings (SSSR count). The monoisotopic (exact) mass is 335 g/mol. The highest BCUT2D eigenvalue weighted by Gasteiger charge is 2.48. The van der Waals surface area contributed by atoms with Crippen molar-refractivity contribution in [2.24, 2.45) is 23.5 Å². The van der Waals surface area contributed by atoms with E-state index in [4.69, 9.17) is 5.73 Å². The van der Waals surface area contributed by atoms with E-state index in [-0.39, 0.29) is 48.6 Å². The summed E-state index contributed by atoms with van der Waals surface area (Å²) in [6.07, 6.45) is 5.84. The van der Waals surface area contributed by atoms with Gasteiger partial charge in [0.05, 0.1) is 11.8 Å². The number of carbonyl (C=O) groups is 3. The number of carbonyl (C=O) groups excluding carboxylic acids is 3. The lowest BCUT2D eigenvalue weighted by atomic mass is 9.81. The van der Waals surface area contributed by atoms with E-state index in [1.807, 2.05) is 4.90 Å². The zero-order valence-electron chi connectivity index (χ0n) is 14.6. The number of nitrogens with zero attached hydrogens (tertiary/aromatic N) is 2. The van der Waals surface area contributed by atoms with Crippen molar-refractivity contribution in [3.8, 4) is 0 Å². The van der Waals surface area contributed by atoms with E-state index in [0.29, 0.717) is 12.5 Å². The number of rotatable bonds is 4. The van der Waals surface area contributed by atoms with Crippen LogP contribution in [0, 0.1) is 17.8 Å². The minimum absolute atomic E-state index is 0.0211. The molecule has 2 saturated heterocycles. The standard InChI is InChI=1S/C18H29N3O3/c1-12-6-8-20(13(10-12)11-19)16(22)7-9-21-17(23)14-4-2-3-5-15(14)18(21)24/h12-15H,2-11,19H2,1H3.